The van der Waals surface area contributed by atoms with E-state index in [0.717, 1.165) is 17.7 Å². The van der Waals surface area contributed by atoms with E-state index in [1.807, 2.05) is 6.07 Å². The van der Waals surface area contributed by atoms with Crippen molar-refractivity contribution >= 4 is 0 Å². The van der Waals surface area contributed by atoms with Crippen molar-refractivity contribution in [1.82, 2.24) is 0 Å². The summed E-state index contributed by atoms with van der Waals surface area (Å²) in [7, 11) is 0. The van der Waals surface area contributed by atoms with E-state index in [-0.39, 0.29) is 12.0 Å². The highest BCUT2D eigenvalue weighted by Crippen LogP contribution is 2.23. The van der Waals surface area contributed by atoms with Crippen molar-refractivity contribution in [3.63, 3.8) is 0 Å². The molecule has 0 saturated carbocycles. The van der Waals surface area contributed by atoms with Gasteiger partial charge in [0.15, 0.2) is 17.5 Å². The van der Waals surface area contributed by atoms with Crippen LogP contribution in [0.4, 0.5) is 13.2 Å². The fourth-order valence-corrected chi connectivity index (χ4v) is 1.99. The molecule has 0 amide bonds. The maximum Gasteiger partial charge on any atom is 0.194 e. The first kappa shape index (κ1) is 14.6. The number of rotatable bonds is 4. The molecule has 0 bridgehead atoms. The Morgan fingerprint density at radius 1 is 0.950 bits per heavy atom. The largest absolute Gasteiger partial charge is 0.391 e. The molecule has 5 heteroatoms. The standard InChI is InChI=1S/C15H14F3NO/c16-11-7-6-10(13(17)14(11)18)15(19)12(20)8-9-4-2-1-3-5-9/h1-7,12,15,20H,8,19H2/t12-,15+/m1/s1. The third-order valence-corrected chi connectivity index (χ3v) is 3.13. The molecule has 0 aliphatic carbocycles. The average molecular weight is 281 g/mol. The van der Waals surface area contributed by atoms with Gasteiger partial charge in [-0.05, 0) is 11.6 Å². The molecule has 2 aromatic carbocycles. The molecule has 2 rings (SSSR count). The maximum atomic E-state index is 13.6. The van der Waals surface area contributed by atoms with Gasteiger partial charge < -0.3 is 10.8 Å². The average Bonchev–Trinajstić information content (AvgIpc) is 2.45. The molecular weight excluding hydrogens is 267 g/mol. The van der Waals surface area contributed by atoms with Crippen molar-refractivity contribution in [2.24, 2.45) is 5.73 Å². The minimum Gasteiger partial charge on any atom is -0.391 e. The number of nitrogens with two attached hydrogens (primary N) is 1. The summed E-state index contributed by atoms with van der Waals surface area (Å²) < 4.78 is 39.6. The SMILES string of the molecule is N[C@@H](c1ccc(F)c(F)c1F)[C@H](O)Cc1ccccc1. The Labute approximate surface area is 114 Å². The molecule has 0 aromatic heterocycles. The van der Waals surface area contributed by atoms with Gasteiger partial charge in [0, 0.05) is 12.0 Å². The molecular formula is C15H14F3NO. The van der Waals surface area contributed by atoms with Crippen LogP contribution in [-0.2, 0) is 6.42 Å². The lowest BCUT2D eigenvalue weighted by atomic mass is 9.96. The molecule has 106 valence electrons. The maximum absolute atomic E-state index is 13.6. The summed E-state index contributed by atoms with van der Waals surface area (Å²) in [6.45, 7) is 0. The Morgan fingerprint density at radius 2 is 1.60 bits per heavy atom. The summed E-state index contributed by atoms with van der Waals surface area (Å²) in [5.74, 6) is -4.22. The Bertz CT molecular complexity index is 589. The summed E-state index contributed by atoms with van der Waals surface area (Å²) in [6, 6.07) is 9.71. The monoisotopic (exact) mass is 281 g/mol. The smallest absolute Gasteiger partial charge is 0.194 e. The highest BCUT2D eigenvalue weighted by atomic mass is 19.2. The molecule has 0 unspecified atom stereocenters. The van der Waals surface area contributed by atoms with Crippen molar-refractivity contribution in [1.29, 1.82) is 0 Å². The summed E-state index contributed by atoms with van der Waals surface area (Å²) in [5.41, 5.74) is 6.30. The molecule has 2 atom stereocenters. The molecule has 0 fully saturated rings. The molecule has 0 saturated heterocycles. The number of aliphatic hydroxyl groups is 1. The lowest BCUT2D eigenvalue weighted by Crippen LogP contribution is -2.29. The van der Waals surface area contributed by atoms with Gasteiger partial charge in [0.2, 0.25) is 0 Å². The fourth-order valence-electron chi connectivity index (χ4n) is 1.99. The first-order valence-corrected chi connectivity index (χ1v) is 6.11. The number of hydrogen-bond acceptors (Lipinski definition) is 2. The first-order chi connectivity index (χ1) is 9.50. The number of hydrogen-bond donors (Lipinski definition) is 2. The summed E-state index contributed by atoms with van der Waals surface area (Å²) in [6.07, 6.45) is -0.905. The van der Waals surface area contributed by atoms with Gasteiger partial charge in [-0.3, -0.25) is 0 Å². The molecule has 0 radical (unpaired) electrons. The minimum atomic E-state index is -1.58. The topological polar surface area (TPSA) is 46.2 Å². The summed E-state index contributed by atoms with van der Waals surface area (Å²) >= 11 is 0. The van der Waals surface area contributed by atoms with Gasteiger partial charge in [0.05, 0.1) is 12.1 Å². The Morgan fingerprint density at radius 3 is 2.25 bits per heavy atom. The molecule has 20 heavy (non-hydrogen) atoms. The van der Waals surface area contributed by atoms with Gasteiger partial charge in [-0.1, -0.05) is 36.4 Å². The predicted molar refractivity (Wildman–Crippen MR) is 69.4 cm³/mol. The van der Waals surface area contributed by atoms with Crippen molar-refractivity contribution in [2.45, 2.75) is 18.6 Å². The van der Waals surface area contributed by atoms with E-state index in [9.17, 15) is 18.3 Å². The van der Waals surface area contributed by atoms with Gasteiger partial charge >= 0.3 is 0 Å². The molecule has 2 nitrogen and oxygen atoms in total. The molecule has 0 spiro atoms. The van der Waals surface area contributed by atoms with Crippen molar-refractivity contribution in [2.75, 3.05) is 0 Å². The van der Waals surface area contributed by atoms with E-state index >= 15 is 0 Å². The van der Waals surface area contributed by atoms with Crippen molar-refractivity contribution in [3.8, 4) is 0 Å². The molecule has 3 N–H and O–H groups in total. The van der Waals surface area contributed by atoms with Gasteiger partial charge in [0.25, 0.3) is 0 Å². The fraction of sp³-hybridized carbons (Fsp3) is 0.200. The number of benzene rings is 2. The van der Waals surface area contributed by atoms with Crippen LogP contribution in [0.15, 0.2) is 42.5 Å². The van der Waals surface area contributed by atoms with Crippen LogP contribution in [0.2, 0.25) is 0 Å². The van der Waals surface area contributed by atoms with Crippen LogP contribution < -0.4 is 5.73 Å². The van der Waals surface area contributed by atoms with Crippen LogP contribution in [0.3, 0.4) is 0 Å². The third kappa shape index (κ3) is 3.00. The second-order valence-corrected chi connectivity index (χ2v) is 4.55. The van der Waals surface area contributed by atoms with Crippen LogP contribution in [0.25, 0.3) is 0 Å². The van der Waals surface area contributed by atoms with Crippen molar-refractivity contribution < 1.29 is 18.3 Å². The Hall–Kier alpha value is -1.85. The lowest BCUT2D eigenvalue weighted by molar-refractivity contribution is 0.143. The zero-order valence-corrected chi connectivity index (χ0v) is 10.6. The van der Waals surface area contributed by atoms with Crippen molar-refractivity contribution in [3.05, 3.63) is 71.0 Å². The second-order valence-electron chi connectivity index (χ2n) is 4.55. The van der Waals surface area contributed by atoms with Crippen LogP contribution in [-0.4, -0.2) is 11.2 Å². The molecule has 0 aliphatic rings. The Balaban J connectivity index is 2.19. The van der Waals surface area contributed by atoms with Crippen LogP contribution in [0.5, 0.6) is 0 Å². The van der Waals surface area contributed by atoms with Gasteiger partial charge in [-0.2, -0.15) is 0 Å². The van der Waals surface area contributed by atoms with E-state index in [2.05, 4.69) is 0 Å². The quantitative estimate of drug-likeness (QED) is 0.846. The van der Waals surface area contributed by atoms with E-state index < -0.39 is 29.6 Å². The molecule has 2 aromatic rings. The second kappa shape index (κ2) is 6.07. The van der Waals surface area contributed by atoms with E-state index in [1.165, 1.54) is 0 Å². The van der Waals surface area contributed by atoms with Gasteiger partial charge in [0.1, 0.15) is 0 Å². The first-order valence-electron chi connectivity index (χ1n) is 6.11. The summed E-state index contributed by atoms with van der Waals surface area (Å²) in [5, 5.41) is 10.0. The predicted octanol–water partition coefficient (Wildman–Crippen LogP) is 2.71. The molecule has 0 aliphatic heterocycles. The van der Waals surface area contributed by atoms with E-state index in [4.69, 9.17) is 5.73 Å². The van der Waals surface area contributed by atoms with Gasteiger partial charge in [-0.25, -0.2) is 13.2 Å². The van der Waals surface area contributed by atoms with Crippen LogP contribution >= 0.6 is 0 Å². The lowest BCUT2D eigenvalue weighted by Gasteiger charge is -2.20. The van der Waals surface area contributed by atoms with Crippen LogP contribution in [0, 0.1) is 17.5 Å². The highest BCUT2D eigenvalue weighted by Gasteiger charge is 2.23. The summed E-state index contributed by atoms with van der Waals surface area (Å²) in [4.78, 5) is 0. The zero-order valence-electron chi connectivity index (χ0n) is 10.6. The molecule has 0 heterocycles. The third-order valence-electron chi connectivity index (χ3n) is 3.13. The van der Waals surface area contributed by atoms with E-state index in [1.54, 1.807) is 24.3 Å². The normalized spacial score (nSPS) is 14.1. The van der Waals surface area contributed by atoms with Crippen LogP contribution in [0.1, 0.15) is 17.2 Å². The number of halogens is 3. The highest BCUT2D eigenvalue weighted by molar-refractivity contribution is 5.25. The Kier molecular flexibility index (Phi) is 4.42. The van der Waals surface area contributed by atoms with Gasteiger partial charge in [-0.15, -0.1) is 0 Å². The number of aliphatic hydroxyl groups excluding tert-OH is 1. The zero-order chi connectivity index (χ0) is 14.7. The van der Waals surface area contributed by atoms with E-state index in [0.29, 0.717) is 0 Å². The minimum absolute atomic E-state index is 0.195.